The zero-order valence-corrected chi connectivity index (χ0v) is 11.5. The topological polar surface area (TPSA) is 82.3 Å². The van der Waals surface area contributed by atoms with E-state index in [0.29, 0.717) is 4.47 Å². The second-order valence-electron chi connectivity index (χ2n) is 3.39. The van der Waals surface area contributed by atoms with Crippen molar-refractivity contribution >= 4 is 31.9 Å². The molecule has 5 nitrogen and oxygen atoms in total. The van der Waals surface area contributed by atoms with Gasteiger partial charge in [0.25, 0.3) is 0 Å². The number of anilines is 1. The molecule has 1 aromatic carbocycles. The van der Waals surface area contributed by atoms with E-state index in [0.717, 1.165) is 0 Å². The summed E-state index contributed by atoms with van der Waals surface area (Å²) in [5, 5.41) is 0. The third-order valence-electron chi connectivity index (χ3n) is 2.07. The summed E-state index contributed by atoms with van der Waals surface area (Å²) in [6.45, 7) is 0. The largest absolute Gasteiger partial charge is 0.383 e. The molecule has 18 heavy (non-hydrogen) atoms. The summed E-state index contributed by atoms with van der Waals surface area (Å²) in [6, 6.07) is 9.54. The van der Waals surface area contributed by atoms with Crippen LogP contribution in [-0.4, -0.2) is 13.4 Å². The van der Waals surface area contributed by atoms with E-state index in [2.05, 4.69) is 20.9 Å². The van der Waals surface area contributed by atoms with Gasteiger partial charge in [-0.1, -0.05) is 18.2 Å². The Morgan fingerprint density at radius 2 is 1.89 bits per heavy atom. The lowest BCUT2D eigenvalue weighted by atomic mass is 10.3. The Labute approximate surface area is 113 Å². The van der Waals surface area contributed by atoms with E-state index < -0.39 is 10.1 Å². The van der Waals surface area contributed by atoms with Crippen LogP contribution in [0.5, 0.6) is 5.75 Å². The minimum Gasteiger partial charge on any atom is -0.383 e. The fraction of sp³-hybridized carbons (Fsp3) is 0. The van der Waals surface area contributed by atoms with E-state index >= 15 is 0 Å². The number of nitrogens with zero attached hydrogens (tertiary/aromatic N) is 1. The molecule has 1 heterocycles. The lowest BCUT2D eigenvalue weighted by molar-refractivity contribution is 0.486. The maximum Gasteiger partial charge on any atom is 0.342 e. The van der Waals surface area contributed by atoms with E-state index in [1.54, 1.807) is 30.3 Å². The van der Waals surface area contributed by atoms with Crippen molar-refractivity contribution in [2.24, 2.45) is 0 Å². The van der Waals surface area contributed by atoms with Crippen molar-refractivity contribution in [3.8, 4) is 5.75 Å². The van der Waals surface area contributed by atoms with Crippen LogP contribution in [0.4, 0.5) is 5.82 Å². The predicted octanol–water partition coefficient (Wildman–Crippen LogP) is 2.19. The summed E-state index contributed by atoms with van der Waals surface area (Å²) < 4.78 is 29.5. The van der Waals surface area contributed by atoms with Crippen molar-refractivity contribution in [3.05, 3.63) is 47.1 Å². The Bertz CT molecular complexity index is 659. The fourth-order valence-corrected chi connectivity index (χ4v) is 2.80. The second-order valence-corrected chi connectivity index (χ2v) is 5.82. The second kappa shape index (κ2) is 4.95. The Balaban J connectivity index is 2.40. The highest BCUT2D eigenvalue weighted by molar-refractivity contribution is 9.10. The first-order valence-electron chi connectivity index (χ1n) is 4.89. The van der Waals surface area contributed by atoms with Gasteiger partial charge in [0.1, 0.15) is 16.5 Å². The maximum atomic E-state index is 12.0. The summed E-state index contributed by atoms with van der Waals surface area (Å²) in [4.78, 5) is 3.59. The van der Waals surface area contributed by atoms with Crippen LogP contribution in [0.25, 0.3) is 0 Å². The molecule has 0 saturated carbocycles. The van der Waals surface area contributed by atoms with Gasteiger partial charge in [-0.15, -0.1) is 0 Å². The molecule has 7 heteroatoms. The van der Waals surface area contributed by atoms with Gasteiger partial charge in [0, 0.05) is 10.7 Å². The lowest BCUT2D eigenvalue weighted by Crippen LogP contribution is -2.12. The third-order valence-corrected chi connectivity index (χ3v) is 3.78. The summed E-state index contributed by atoms with van der Waals surface area (Å²) in [7, 11) is -3.98. The van der Waals surface area contributed by atoms with Crippen molar-refractivity contribution in [3.63, 3.8) is 0 Å². The summed E-state index contributed by atoms with van der Waals surface area (Å²) >= 11 is 3.14. The SMILES string of the molecule is Nc1ncc(Br)cc1S(=O)(=O)Oc1ccccc1. The van der Waals surface area contributed by atoms with Crippen molar-refractivity contribution < 1.29 is 12.6 Å². The Hall–Kier alpha value is -1.60. The minimum atomic E-state index is -3.98. The smallest absolute Gasteiger partial charge is 0.342 e. The van der Waals surface area contributed by atoms with Crippen LogP contribution in [0, 0.1) is 0 Å². The van der Waals surface area contributed by atoms with Gasteiger partial charge >= 0.3 is 10.1 Å². The number of para-hydroxylation sites is 1. The van der Waals surface area contributed by atoms with Gasteiger partial charge in [-0.3, -0.25) is 0 Å². The van der Waals surface area contributed by atoms with Gasteiger partial charge in [0.15, 0.2) is 0 Å². The van der Waals surface area contributed by atoms with Crippen molar-refractivity contribution in [1.29, 1.82) is 0 Å². The van der Waals surface area contributed by atoms with E-state index in [-0.39, 0.29) is 16.5 Å². The molecule has 0 aliphatic heterocycles. The number of hydrogen-bond donors (Lipinski definition) is 1. The molecule has 0 radical (unpaired) electrons. The van der Waals surface area contributed by atoms with Gasteiger partial charge in [-0.25, -0.2) is 4.98 Å². The van der Waals surface area contributed by atoms with Crippen LogP contribution >= 0.6 is 15.9 Å². The monoisotopic (exact) mass is 328 g/mol. The zero-order valence-electron chi connectivity index (χ0n) is 9.08. The standard InChI is InChI=1S/C11H9BrN2O3S/c12-8-6-10(11(13)14-7-8)18(15,16)17-9-4-2-1-3-5-9/h1-7H,(H2,13,14). The third kappa shape index (κ3) is 2.80. The zero-order chi connectivity index (χ0) is 13.2. The molecule has 0 unspecified atom stereocenters. The van der Waals surface area contributed by atoms with Gasteiger partial charge in [-0.05, 0) is 34.1 Å². The van der Waals surface area contributed by atoms with E-state index in [1.807, 2.05) is 0 Å². The fourth-order valence-electron chi connectivity index (χ4n) is 1.28. The van der Waals surface area contributed by atoms with Crippen LogP contribution in [0.1, 0.15) is 0 Å². The Morgan fingerprint density at radius 3 is 2.56 bits per heavy atom. The minimum absolute atomic E-state index is 0.103. The lowest BCUT2D eigenvalue weighted by Gasteiger charge is -2.08. The molecule has 0 saturated heterocycles. The molecule has 0 aliphatic carbocycles. The molecular weight excluding hydrogens is 320 g/mol. The molecular formula is C11H9BrN2O3S. The molecule has 0 spiro atoms. The summed E-state index contributed by atoms with van der Waals surface area (Å²) in [5.74, 6) is 0.117. The number of aromatic nitrogens is 1. The van der Waals surface area contributed by atoms with Crippen LogP contribution in [-0.2, 0) is 10.1 Å². The van der Waals surface area contributed by atoms with Crippen LogP contribution in [0.3, 0.4) is 0 Å². The molecule has 0 bridgehead atoms. The first kappa shape index (κ1) is 12.8. The highest BCUT2D eigenvalue weighted by Crippen LogP contribution is 2.24. The molecule has 2 N–H and O–H groups in total. The number of pyridine rings is 1. The van der Waals surface area contributed by atoms with E-state index in [9.17, 15) is 8.42 Å². The predicted molar refractivity (Wildman–Crippen MR) is 70.6 cm³/mol. The average molecular weight is 329 g/mol. The number of nitrogen functional groups attached to an aromatic ring is 1. The molecule has 94 valence electrons. The number of nitrogens with two attached hydrogens (primary N) is 1. The van der Waals surface area contributed by atoms with E-state index in [1.165, 1.54) is 12.3 Å². The first-order valence-corrected chi connectivity index (χ1v) is 7.10. The Morgan fingerprint density at radius 1 is 1.22 bits per heavy atom. The number of rotatable bonds is 3. The van der Waals surface area contributed by atoms with Crippen molar-refractivity contribution in [2.75, 3.05) is 5.73 Å². The first-order chi connectivity index (χ1) is 8.49. The quantitative estimate of drug-likeness (QED) is 0.873. The molecule has 0 amide bonds. The van der Waals surface area contributed by atoms with Gasteiger partial charge in [0.2, 0.25) is 0 Å². The summed E-state index contributed by atoms with van der Waals surface area (Å²) in [5.41, 5.74) is 5.54. The highest BCUT2D eigenvalue weighted by Gasteiger charge is 2.21. The molecule has 0 atom stereocenters. The van der Waals surface area contributed by atoms with Crippen LogP contribution in [0.2, 0.25) is 0 Å². The average Bonchev–Trinajstić information content (AvgIpc) is 2.33. The maximum absolute atomic E-state index is 12.0. The van der Waals surface area contributed by atoms with Gasteiger partial charge in [-0.2, -0.15) is 8.42 Å². The van der Waals surface area contributed by atoms with Gasteiger partial charge < -0.3 is 9.92 Å². The number of halogens is 1. The number of hydrogen-bond acceptors (Lipinski definition) is 5. The molecule has 2 rings (SSSR count). The highest BCUT2D eigenvalue weighted by atomic mass is 79.9. The van der Waals surface area contributed by atoms with Crippen molar-refractivity contribution in [2.45, 2.75) is 4.90 Å². The molecule has 0 aliphatic rings. The van der Waals surface area contributed by atoms with Crippen LogP contribution in [0.15, 0.2) is 52.0 Å². The van der Waals surface area contributed by atoms with Gasteiger partial charge in [0.05, 0.1) is 0 Å². The normalized spacial score (nSPS) is 11.2. The molecule has 1 aromatic heterocycles. The molecule has 0 fully saturated rings. The summed E-state index contributed by atoms with van der Waals surface area (Å²) in [6.07, 6.45) is 1.41. The molecule has 2 aromatic rings. The Kier molecular flexibility index (Phi) is 3.53. The number of benzene rings is 1. The van der Waals surface area contributed by atoms with Crippen molar-refractivity contribution in [1.82, 2.24) is 4.98 Å². The van der Waals surface area contributed by atoms with Crippen LogP contribution < -0.4 is 9.92 Å². The van der Waals surface area contributed by atoms with E-state index in [4.69, 9.17) is 9.92 Å².